The zero-order valence-electron chi connectivity index (χ0n) is 13.2. The number of rotatable bonds is 6. The number of benzene rings is 1. The molecule has 22 heavy (non-hydrogen) atoms. The van der Waals surface area contributed by atoms with Gasteiger partial charge in [0.2, 0.25) is 0 Å². The number of nitrogens with zero attached hydrogens (tertiary/aromatic N) is 1. The molecule has 1 heterocycles. The summed E-state index contributed by atoms with van der Waals surface area (Å²) in [6.07, 6.45) is 0.431. The molecular weight excluding hydrogens is 280 g/mol. The largest absolute Gasteiger partial charge is 0.396 e. The maximum Gasteiger partial charge on any atom is 0.251 e. The van der Waals surface area contributed by atoms with Gasteiger partial charge in [-0.1, -0.05) is 6.07 Å². The Morgan fingerprint density at radius 1 is 1.36 bits per heavy atom. The predicted octanol–water partition coefficient (Wildman–Crippen LogP) is 2.06. The lowest BCUT2D eigenvalue weighted by Gasteiger charge is -2.29. The first kappa shape index (κ1) is 16.4. The molecule has 0 fully saturated rings. The van der Waals surface area contributed by atoms with E-state index in [1.807, 2.05) is 38.1 Å². The van der Waals surface area contributed by atoms with Gasteiger partial charge in [0.05, 0.1) is 17.7 Å². The molecule has 0 saturated heterocycles. The molecule has 118 valence electrons. The van der Waals surface area contributed by atoms with Crippen molar-refractivity contribution in [2.24, 2.45) is 0 Å². The van der Waals surface area contributed by atoms with Crippen molar-refractivity contribution in [1.29, 1.82) is 0 Å². The predicted molar refractivity (Wildman–Crippen MR) is 85.9 cm³/mol. The van der Waals surface area contributed by atoms with E-state index in [4.69, 9.17) is 9.84 Å². The number of nitrogens with one attached hydrogen (secondary N) is 1. The van der Waals surface area contributed by atoms with Crippen LogP contribution in [0.3, 0.4) is 0 Å². The van der Waals surface area contributed by atoms with Crippen LogP contribution in [-0.4, -0.2) is 41.9 Å². The van der Waals surface area contributed by atoms with Crippen LogP contribution in [0.4, 0.5) is 0 Å². The van der Waals surface area contributed by atoms with Gasteiger partial charge in [-0.25, -0.2) is 0 Å². The summed E-state index contributed by atoms with van der Waals surface area (Å²) < 4.78 is 5.14. The summed E-state index contributed by atoms with van der Waals surface area (Å²) in [5.41, 5.74) is 1.78. The minimum Gasteiger partial charge on any atom is -0.396 e. The molecule has 5 nitrogen and oxygen atoms in total. The number of amides is 1. The molecule has 1 atom stereocenters. The van der Waals surface area contributed by atoms with E-state index in [0.717, 1.165) is 16.6 Å². The Morgan fingerprint density at radius 2 is 2.14 bits per heavy atom. The fraction of sp³-hybridized carbons (Fsp3) is 0.412. The smallest absolute Gasteiger partial charge is 0.251 e. The number of hydrogen-bond acceptors (Lipinski definition) is 4. The maximum atomic E-state index is 12.5. The van der Waals surface area contributed by atoms with E-state index < -0.39 is 5.54 Å². The number of fused-ring (bicyclic) bond motifs is 1. The van der Waals surface area contributed by atoms with E-state index >= 15 is 0 Å². The van der Waals surface area contributed by atoms with Crippen LogP contribution in [-0.2, 0) is 4.74 Å². The molecule has 1 aromatic carbocycles. The van der Waals surface area contributed by atoms with Crippen molar-refractivity contribution in [3.8, 4) is 0 Å². The Balaban J connectivity index is 2.23. The first-order valence-corrected chi connectivity index (χ1v) is 7.27. The summed E-state index contributed by atoms with van der Waals surface area (Å²) in [7, 11) is 1.58. The van der Waals surface area contributed by atoms with Gasteiger partial charge in [0, 0.05) is 30.4 Å². The number of carbonyl (C=O) groups is 1. The van der Waals surface area contributed by atoms with Crippen molar-refractivity contribution in [2.75, 3.05) is 20.3 Å². The Bertz CT molecular complexity index is 664. The van der Waals surface area contributed by atoms with Crippen molar-refractivity contribution >= 4 is 16.8 Å². The molecular formula is C17H22N2O3. The molecule has 0 spiro atoms. The fourth-order valence-corrected chi connectivity index (χ4v) is 2.45. The molecule has 0 aliphatic rings. The first-order valence-electron chi connectivity index (χ1n) is 7.27. The quantitative estimate of drug-likeness (QED) is 0.857. The topological polar surface area (TPSA) is 71.5 Å². The average molecular weight is 302 g/mol. The van der Waals surface area contributed by atoms with Crippen molar-refractivity contribution in [1.82, 2.24) is 10.3 Å². The highest BCUT2D eigenvalue weighted by Gasteiger charge is 2.26. The minimum absolute atomic E-state index is 0.0128. The Kier molecular flexibility index (Phi) is 5.11. The second-order valence-corrected chi connectivity index (χ2v) is 5.78. The normalized spacial score (nSPS) is 13.8. The third-order valence-electron chi connectivity index (χ3n) is 3.63. The Hall–Kier alpha value is -1.98. The van der Waals surface area contributed by atoms with Crippen molar-refractivity contribution in [2.45, 2.75) is 25.8 Å². The summed E-state index contributed by atoms with van der Waals surface area (Å²) in [6.45, 7) is 4.12. The van der Waals surface area contributed by atoms with Gasteiger partial charge in [0.25, 0.3) is 5.91 Å². The first-order chi connectivity index (χ1) is 10.5. The number of hydrogen-bond donors (Lipinski definition) is 2. The molecule has 0 bridgehead atoms. The van der Waals surface area contributed by atoms with E-state index in [9.17, 15) is 4.79 Å². The number of aliphatic hydroxyl groups excluding tert-OH is 1. The SMILES string of the molecule is COCC(C)(CCO)NC(=O)c1ccc2nc(C)ccc2c1. The summed E-state index contributed by atoms with van der Waals surface area (Å²) in [6, 6.07) is 9.30. The van der Waals surface area contributed by atoms with E-state index in [1.165, 1.54) is 0 Å². The number of pyridine rings is 1. The summed E-state index contributed by atoms with van der Waals surface area (Å²) >= 11 is 0. The van der Waals surface area contributed by atoms with Crippen molar-refractivity contribution in [3.63, 3.8) is 0 Å². The molecule has 1 aromatic heterocycles. The van der Waals surface area contributed by atoms with E-state index in [2.05, 4.69) is 10.3 Å². The number of carbonyl (C=O) groups excluding carboxylic acids is 1. The van der Waals surface area contributed by atoms with Crippen LogP contribution < -0.4 is 5.32 Å². The highest BCUT2D eigenvalue weighted by atomic mass is 16.5. The van der Waals surface area contributed by atoms with Crippen LogP contribution in [0.2, 0.25) is 0 Å². The van der Waals surface area contributed by atoms with E-state index in [-0.39, 0.29) is 12.5 Å². The molecule has 1 unspecified atom stereocenters. The van der Waals surface area contributed by atoms with Gasteiger partial charge in [-0.15, -0.1) is 0 Å². The lowest BCUT2D eigenvalue weighted by atomic mass is 9.98. The summed E-state index contributed by atoms with van der Waals surface area (Å²) in [4.78, 5) is 16.9. The lowest BCUT2D eigenvalue weighted by Crippen LogP contribution is -2.50. The number of ether oxygens (including phenoxy) is 1. The van der Waals surface area contributed by atoms with Gasteiger partial charge in [-0.3, -0.25) is 9.78 Å². The van der Waals surface area contributed by atoms with Gasteiger partial charge in [0.15, 0.2) is 0 Å². The third-order valence-corrected chi connectivity index (χ3v) is 3.63. The summed E-state index contributed by atoms with van der Waals surface area (Å²) in [5, 5.41) is 13.0. The van der Waals surface area contributed by atoms with Crippen LogP contribution >= 0.6 is 0 Å². The average Bonchev–Trinajstić information content (AvgIpc) is 2.46. The van der Waals surface area contributed by atoms with E-state index in [0.29, 0.717) is 18.6 Å². The van der Waals surface area contributed by atoms with Crippen LogP contribution in [0.15, 0.2) is 30.3 Å². The zero-order valence-corrected chi connectivity index (χ0v) is 13.2. The molecule has 1 amide bonds. The van der Waals surface area contributed by atoms with Gasteiger partial charge in [-0.05, 0) is 44.5 Å². The zero-order chi connectivity index (χ0) is 16.2. The molecule has 0 saturated carbocycles. The number of methoxy groups -OCH3 is 1. The number of aryl methyl sites for hydroxylation is 1. The second-order valence-electron chi connectivity index (χ2n) is 5.78. The van der Waals surface area contributed by atoms with Gasteiger partial charge in [-0.2, -0.15) is 0 Å². The van der Waals surface area contributed by atoms with Crippen LogP contribution in [0.1, 0.15) is 29.4 Å². The number of aromatic nitrogens is 1. The lowest BCUT2D eigenvalue weighted by molar-refractivity contribution is 0.0726. The van der Waals surface area contributed by atoms with Gasteiger partial charge < -0.3 is 15.2 Å². The fourth-order valence-electron chi connectivity index (χ4n) is 2.45. The molecule has 0 aliphatic heterocycles. The maximum absolute atomic E-state index is 12.5. The Morgan fingerprint density at radius 3 is 2.82 bits per heavy atom. The summed E-state index contributed by atoms with van der Waals surface area (Å²) in [5.74, 6) is -0.185. The van der Waals surface area contributed by atoms with E-state index in [1.54, 1.807) is 13.2 Å². The van der Waals surface area contributed by atoms with Gasteiger partial charge in [0.1, 0.15) is 0 Å². The molecule has 0 radical (unpaired) electrons. The highest BCUT2D eigenvalue weighted by molar-refractivity contribution is 5.98. The monoisotopic (exact) mass is 302 g/mol. The van der Waals surface area contributed by atoms with Crippen molar-refractivity contribution in [3.05, 3.63) is 41.6 Å². The number of aliphatic hydroxyl groups is 1. The third kappa shape index (κ3) is 3.81. The van der Waals surface area contributed by atoms with Crippen LogP contribution in [0.25, 0.3) is 10.9 Å². The Labute approximate surface area is 130 Å². The molecule has 2 N–H and O–H groups in total. The molecule has 2 aromatic rings. The van der Waals surface area contributed by atoms with Gasteiger partial charge >= 0.3 is 0 Å². The minimum atomic E-state index is -0.596. The van der Waals surface area contributed by atoms with Crippen LogP contribution in [0.5, 0.6) is 0 Å². The van der Waals surface area contributed by atoms with Crippen LogP contribution in [0, 0.1) is 6.92 Å². The highest BCUT2D eigenvalue weighted by Crippen LogP contribution is 2.17. The molecule has 0 aliphatic carbocycles. The molecule has 5 heteroatoms. The van der Waals surface area contributed by atoms with Crippen molar-refractivity contribution < 1.29 is 14.6 Å². The standard InChI is InChI=1S/C17H22N2O3/c1-12-4-5-13-10-14(6-7-15(13)18-12)16(21)19-17(2,8-9-20)11-22-3/h4-7,10,20H,8-9,11H2,1-3H3,(H,19,21). The second kappa shape index (κ2) is 6.85. The molecule has 2 rings (SSSR count).